The van der Waals surface area contributed by atoms with E-state index in [0.29, 0.717) is 17.0 Å². The second-order valence-electron chi connectivity index (χ2n) is 5.37. The summed E-state index contributed by atoms with van der Waals surface area (Å²) in [6.07, 6.45) is -0.580. The van der Waals surface area contributed by atoms with Gasteiger partial charge in [0.25, 0.3) is 5.91 Å². The van der Waals surface area contributed by atoms with Crippen molar-refractivity contribution in [3.05, 3.63) is 65.5 Å². The molecular weight excluding hydrogens is 327 g/mol. The van der Waals surface area contributed by atoms with Gasteiger partial charge in [0.05, 0.1) is 24.1 Å². The number of amides is 1. The normalized spacial score (nSPS) is 15.9. The van der Waals surface area contributed by atoms with Crippen molar-refractivity contribution in [3.63, 3.8) is 0 Å². The van der Waals surface area contributed by atoms with Gasteiger partial charge in [-0.2, -0.15) is 0 Å². The highest BCUT2D eigenvalue weighted by Gasteiger charge is 2.29. The van der Waals surface area contributed by atoms with E-state index in [9.17, 15) is 14.0 Å². The fraction of sp³-hybridized carbons (Fsp3) is 0.167. The summed E-state index contributed by atoms with van der Waals surface area (Å²) in [7, 11) is 1.27. The molecule has 7 heteroatoms. The molecule has 1 amide bonds. The van der Waals surface area contributed by atoms with Crippen LogP contribution in [0.4, 0.5) is 10.1 Å². The fourth-order valence-corrected chi connectivity index (χ4v) is 2.42. The smallest absolute Gasteiger partial charge is 0.339 e. The molecule has 0 spiro atoms. The van der Waals surface area contributed by atoms with Gasteiger partial charge >= 0.3 is 5.97 Å². The zero-order valence-corrected chi connectivity index (χ0v) is 13.4. The van der Waals surface area contributed by atoms with Gasteiger partial charge in [-0.15, -0.1) is 0 Å². The summed E-state index contributed by atoms with van der Waals surface area (Å²) < 4.78 is 17.7. The lowest BCUT2D eigenvalue weighted by atomic mass is 10.0. The van der Waals surface area contributed by atoms with Crippen molar-refractivity contribution < 1.29 is 23.6 Å². The van der Waals surface area contributed by atoms with E-state index in [4.69, 9.17) is 9.57 Å². The highest BCUT2D eigenvalue weighted by molar-refractivity contribution is 6.07. The van der Waals surface area contributed by atoms with Crippen LogP contribution in [-0.4, -0.2) is 30.8 Å². The first-order valence-electron chi connectivity index (χ1n) is 7.55. The summed E-state index contributed by atoms with van der Waals surface area (Å²) in [6.45, 7) is 0. The molecular formula is C18H15FN2O4. The Labute approximate surface area is 143 Å². The van der Waals surface area contributed by atoms with E-state index in [-0.39, 0.29) is 17.8 Å². The van der Waals surface area contributed by atoms with E-state index in [1.165, 1.54) is 19.2 Å². The third-order valence-electron chi connectivity index (χ3n) is 3.73. The Hall–Kier alpha value is -3.22. The summed E-state index contributed by atoms with van der Waals surface area (Å²) in [6, 6.07) is 12.3. The maximum atomic E-state index is 13.0. The molecule has 1 N–H and O–H groups in total. The van der Waals surface area contributed by atoms with Gasteiger partial charge in [-0.05, 0) is 29.8 Å². The van der Waals surface area contributed by atoms with Crippen LogP contribution in [0, 0.1) is 5.82 Å². The van der Waals surface area contributed by atoms with Gasteiger partial charge in [0, 0.05) is 6.42 Å². The van der Waals surface area contributed by atoms with Gasteiger partial charge < -0.3 is 14.9 Å². The van der Waals surface area contributed by atoms with Crippen molar-refractivity contribution in [2.75, 3.05) is 12.4 Å². The van der Waals surface area contributed by atoms with Crippen molar-refractivity contribution >= 4 is 23.3 Å². The molecule has 3 rings (SSSR count). The molecule has 1 aliphatic rings. The minimum Gasteiger partial charge on any atom is -0.465 e. The van der Waals surface area contributed by atoms with Crippen LogP contribution < -0.4 is 5.32 Å². The number of para-hydroxylation sites is 1. The number of nitrogens with zero attached hydrogens (tertiary/aromatic N) is 1. The number of benzene rings is 2. The fourth-order valence-electron chi connectivity index (χ4n) is 2.42. The van der Waals surface area contributed by atoms with Crippen molar-refractivity contribution in [1.29, 1.82) is 0 Å². The van der Waals surface area contributed by atoms with E-state index >= 15 is 0 Å². The van der Waals surface area contributed by atoms with Gasteiger partial charge in [-0.1, -0.05) is 29.4 Å². The largest absolute Gasteiger partial charge is 0.465 e. The predicted molar refractivity (Wildman–Crippen MR) is 88.8 cm³/mol. The first-order chi connectivity index (χ1) is 12.1. The first kappa shape index (κ1) is 16.6. The average molecular weight is 342 g/mol. The summed E-state index contributed by atoms with van der Waals surface area (Å²) in [5, 5.41) is 6.55. The zero-order chi connectivity index (χ0) is 17.8. The number of anilines is 1. The lowest BCUT2D eigenvalue weighted by Gasteiger charge is -2.12. The second-order valence-corrected chi connectivity index (χ2v) is 5.37. The van der Waals surface area contributed by atoms with E-state index < -0.39 is 18.0 Å². The second kappa shape index (κ2) is 7.12. The zero-order valence-electron chi connectivity index (χ0n) is 13.4. The highest BCUT2D eigenvalue weighted by Crippen LogP contribution is 2.21. The summed E-state index contributed by atoms with van der Waals surface area (Å²) >= 11 is 0. The SMILES string of the molecule is COC(=O)c1ccccc1NC(=O)[C@@H]1CC(c2ccc(F)cc2)=NO1. The molecule has 0 bridgehead atoms. The molecule has 128 valence electrons. The average Bonchev–Trinajstić information content (AvgIpc) is 3.12. The standard InChI is InChI=1S/C18H15FN2O4/c1-24-18(23)13-4-2-3-5-14(13)20-17(22)16-10-15(21-25-16)11-6-8-12(19)9-7-11/h2-9,16H,10H2,1H3,(H,20,22)/t16-/m0/s1. The van der Waals surface area contributed by atoms with Crippen LogP contribution in [0.1, 0.15) is 22.3 Å². The molecule has 0 saturated heterocycles. The molecule has 0 radical (unpaired) electrons. The van der Waals surface area contributed by atoms with Crippen LogP contribution >= 0.6 is 0 Å². The number of carbonyl (C=O) groups excluding carboxylic acids is 2. The number of rotatable bonds is 4. The summed E-state index contributed by atoms with van der Waals surface area (Å²) in [5.74, 6) is -1.33. The number of hydrogen-bond donors (Lipinski definition) is 1. The maximum Gasteiger partial charge on any atom is 0.339 e. The van der Waals surface area contributed by atoms with Crippen LogP contribution in [0.5, 0.6) is 0 Å². The molecule has 0 saturated carbocycles. The Morgan fingerprint density at radius 2 is 1.92 bits per heavy atom. The van der Waals surface area contributed by atoms with Gasteiger partial charge in [-0.25, -0.2) is 9.18 Å². The summed E-state index contributed by atoms with van der Waals surface area (Å²) in [4.78, 5) is 29.3. The molecule has 1 aliphatic heterocycles. The Balaban J connectivity index is 1.68. The number of hydrogen-bond acceptors (Lipinski definition) is 5. The Bertz CT molecular complexity index is 833. The minimum atomic E-state index is -0.828. The topological polar surface area (TPSA) is 77.0 Å². The maximum absolute atomic E-state index is 13.0. The van der Waals surface area contributed by atoms with Crippen molar-refractivity contribution in [1.82, 2.24) is 0 Å². The molecule has 25 heavy (non-hydrogen) atoms. The van der Waals surface area contributed by atoms with E-state index in [1.54, 1.807) is 36.4 Å². The number of halogens is 1. The van der Waals surface area contributed by atoms with Crippen molar-refractivity contribution in [2.24, 2.45) is 5.16 Å². The third kappa shape index (κ3) is 3.65. The van der Waals surface area contributed by atoms with Crippen LogP contribution in [0.25, 0.3) is 0 Å². The van der Waals surface area contributed by atoms with Gasteiger partial charge in [0.1, 0.15) is 5.82 Å². The number of nitrogens with one attached hydrogen (secondary N) is 1. The number of esters is 1. The summed E-state index contributed by atoms with van der Waals surface area (Å²) in [5.41, 5.74) is 1.82. The van der Waals surface area contributed by atoms with E-state index in [0.717, 1.165) is 0 Å². The molecule has 0 unspecified atom stereocenters. The molecule has 2 aromatic rings. The van der Waals surface area contributed by atoms with Gasteiger partial charge in [0.2, 0.25) is 6.10 Å². The number of methoxy groups -OCH3 is 1. The molecule has 6 nitrogen and oxygen atoms in total. The molecule has 1 atom stereocenters. The minimum absolute atomic E-state index is 0.246. The third-order valence-corrected chi connectivity index (χ3v) is 3.73. The first-order valence-corrected chi connectivity index (χ1v) is 7.55. The lowest BCUT2D eigenvalue weighted by Crippen LogP contribution is -2.28. The van der Waals surface area contributed by atoms with E-state index in [1.807, 2.05) is 0 Å². The van der Waals surface area contributed by atoms with Gasteiger partial charge in [0.15, 0.2) is 0 Å². The van der Waals surface area contributed by atoms with E-state index in [2.05, 4.69) is 10.5 Å². The Morgan fingerprint density at radius 1 is 1.20 bits per heavy atom. The quantitative estimate of drug-likeness (QED) is 0.867. The molecule has 0 aromatic heterocycles. The molecule has 2 aromatic carbocycles. The number of oxime groups is 1. The van der Waals surface area contributed by atoms with Crippen LogP contribution in [0.15, 0.2) is 53.7 Å². The lowest BCUT2D eigenvalue weighted by molar-refractivity contribution is -0.125. The number of ether oxygens (including phenoxy) is 1. The highest BCUT2D eigenvalue weighted by atomic mass is 19.1. The Kier molecular flexibility index (Phi) is 4.74. The van der Waals surface area contributed by atoms with Crippen molar-refractivity contribution in [3.8, 4) is 0 Å². The van der Waals surface area contributed by atoms with Crippen molar-refractivity contribution in [2.45, 2.75) is 12.5 Å². The number of carbonyl (C=O) groups is 2. The van der Waals surface area contributed by atoms with Gasteiger partial charge in [-0.3, -0.25) is 4.79 Å². The molecule has 0 aliphatic carbocycles. The Morgan fingerprint density at radius 3 is 2.64 bits per heavy atom. The van der Waals surface area contributed by atoms with Crippen LogP contribution in [0.2, 0.25) is 0 Å². The molecule has 0 fully saturated rings. The van der Waals surface area contributed by atoms with Crippen LogP contribution in [-0.2, 0) is 14.4 Å². The molecule has 1 heterocycles. The predicted octanol–water partition coefficient (Wildman–Crippen LogP) is 2.74. The monoisotopic (exact) mass is 342 g/mol. The van der Waals surface area contributed by atoms with Crippen LogP contribution in [0.3, 0.4) is 0 Å².